The molecule has 0 amide bonds. The number of hydrogen-bond acceptors (Lipinski definition) is 3. The van der Waals surface area contributed by atoms with E-state index in [0.29, 0.717) is 0 Å². The van der Waals surface area contributed by atoms with Gasteiger partial charge in [0.25, 0.3) is 0 Å². The van der Waals surface area contributed by atoms with E-state index in [4.69, 9.17) is 0 Å². The van der Waals surface area contributed by atoms with Crippen molar-refractivity contribution in [3.63, 3.8) is 0 Å². The zero-order chi connectivity index (χ0) is 13.6. The lowest BCUT2D eigenvalue weighted by Gasteiger charge is -2.15. The maximum absolute atomic E-state index is 4.31. The maximum atomic E-state index is 4.31. The third-order valence-electron chi connectivity index (χ3n) is 3.76. The van der Waals surface area contributed by atoms with Crippen LogP contribution in [0.2, 0.25) is 0 Å². The number of likely N-dealkylation sites (tertiary alicyclic amines) is 1. The molecule has 0 bridgehead atoms. The van der Waals surface area contributed by atoms with Crippen molar-refractivity contribution in [2.24, 2.45) is 0 Å². The molecule has 20 heavy (non-hydrogen) atoms. The van der Waals surface area contributed by atoms with Crippen LogP contribution < -0.4 is 5.32 Å². The summed E-state index contributed by atoms with van der Waals surface area (Å²) >= 11 is 0. The number of nitrogens with one attached hydrogen (secondary N) is 1. The van der Waals surface area contributed by atoms with Crippen LogP contribution in [0.5, 0.6) is 0 Å². The number of pyridine rings is 1. The van der Waals surface area contributed by atoms with E-state index in [2.05, 4.69) is 39.5 Å². The van der Waals surface area contributed by atoms with Crippen molar-refractivity contribution in [2.75, 3.05) is 18.4 Å². The highest BCUT2D eigenvalue weighted by Gasteiger charge is 2.11. The predicted molar refractivity (Wildman–Crippen MR) is 82.5 cm³/mol. The minimum atomic E-state index is 0.770. The van der Waals surface area contributed by atoms with Crippen molar-refractivity contribution in [3.05, 3.63) is 59.9 Å². The van der Waals surface area contributed by atoms with Crippen LogP contribution in [0.1, 0.15) is 24.1 Å². The van der Waals surface area contributed by atoms with Crippen LogP contribution in [-0.4, -0.2) is 23.0 Å². The van der Waals surface area contributed by atoms with Crippen molar-refractivity contribution >= 4 is 5.69 Å². The minimum Gasteiger partial charge on any atom is -0.379 e. The highest BCUT2D eigenvalue weighted by Crippen LogP contribution is 2.15. The topological polar surface area (TPSA) is 28.2 Å². The average Bonchev–Trinajstić information content (AvgIpc) is 3.01. The second-order valence-corrected chi connectivity index (χ2v) is 5.35. The zero-order valence-electron chi connectivity index (χ0n) is 11.8. The van der Waals surface area contributed by atoms with Crippen molar-refractivity contribution in [1.29, 1.82) is 0 Å². The van der Waals surface area contributed by atoms with E-state index in [-0.39, 0.29) is 0 Å². The molecule has 1 aliphatic rings. The third kappa shape index (κ3) is 3.58. The first-order valence-electron chi connectivity index (χ1n) is 7.35. The average molecular weight is 267 g/mol. The molecule has 1 aromatic carbocycles. The fourth-order valence-corrected chi connectivity index (χ4v) is 2.62. The van der Waals surface area contributed by atoms with Gasteiger partial charge in [0.2, 0.25) is 0 Å². The van der Waals surface area contributed by atoms with E-state index in [1.807, 2.05) is 24.4 Å². The fourth-order valence-electron chi connectivity index (χ4n) is 2.62. The molecule has 0 aliphatic carbocycles. The molecule has 3 rings (SSSR count). The molecule has 1 N–H and O–H groups in total. The normalized spacial score (nSPS) is 15.4. The van der Waals surface area contributed by atoms with Crippen LogP contribution in [0, 0.1) is 0 Å². The molecule has 2 heterocycles. The van der Waals surface area contributed by atoms with Gasteiger partial charge in [-0.05, 0) is 55.8 Å². The molecule has 1 fully saturated rings. The van der Waals surface area contributed by atoms with Gasteiger partial charge in [-0.2, -0.15) is 0 Å². The Labute approximate surface area is 120 Å². The van der Waals surface area contributed by atoms with Crippen molar-refractivity contribution < 1.29 is 0 Å². The van der Waals surface area contributed by atoms with E-state index in [0.717, 1.165) is 24.5 Å². The molecule has 0 atom stereocenters. The number of rotatable bonds is 5. The van der Waals surface area contributed by atoms with Gasteiger partial charge in [-0.1, -0.05) is 18.2 Å². The van der Waals surface area contributed by atoms with Gasteiger partial charge in [0, 0.05) is 18.4 Å². The standard InChI is InChI=1S/C17H21N3/c1-2-10-18-17(5-1)13-19-16-8-6-15(7-9-16)14-20-11-3-4-12-20/h1-2,5-10,19H,3-4,11-14H2. The lowest BCUT2D eigenvalue weighted by Crippen LogP contribution is -2.18. The molecule has 3 heteroatoms. The van der Waals surface area contributed by atoms with Crippen molar-refractivity contribution in [3.8, 4) is 0 Å². The molecule has 0 spiro atoms. The summed E-state index contributed by atoms with van der Waals surface area (Å²) in [6.07, 6.45) is 4.53. The quantitative estimate of drug-likeness (QED) is 0.901. The maximum Gasteiger partial charge on any atom is 0.0594 e. The van der Waals surface area contributed by atoms with Gasteiger partial charge in [0.15, 0.2) is 0 Å². The number of nitrogens with zero attached hydrogens (tertiary/aromatic N) is 2. The van der Waals surface area contributed by atoms with Gasteiger partial charge >= 0.3 is 0 Å². The summed E-state index contributed by atoms with van der Waals surface area (Å²) in [5.41, 5.74) is 3.62. The van der Waals surface area contributed by atoms with E-state index in [1.165, 1.54) is 31.5 Å². The Kier molecular flexibility index (Phi) is 4.28. The molecule has 1 aliphatic heterocycles. The summed E-state index contributed by atoms with van der Waals surface area (Å²) in [6, 6.07) is 14.8. The summed E-state index contributed by atoms with van der Waals surface area (Å²) < 4.78 is 0. The van der Waals surface area contributed by atoms with Crippen LogP contribution in [0.3, 0.4) is 0 Å². The highest BCUT2D eigenvalue weighted by molar-refractivity contribution is 5.44. The molecule has 0 saturated carbocycles. The van der Waals surface area contributed by atoms with E-state index >= 15 is 0 Å². The highest BCUT2D eigenvalue weighted by atomic mass is 15.1. The van der Waals surface area contributed by atoms with Crippen LogP contribution >= 0.6 is 0 Å². The smallest absolute Gasteiger partial charge is 0.0594 e. The Bertz CT molecular complexity index is 516. The lowest BCUT2D eigenvalue weighted by atomic mass is 10.2. The summed E-state index contributed by atoms with van der Waals surface area (Å²) in [5.74, 6) is 0. The van der Waals surface area contributed by atoms with E-state index in [1.54, 1.807) is 0 Å². The van der Waals surface area contributed by atoms with Gasteiger partial charge in [-0.25, -0.2) is 0 Å². The Morgan fingerprint density at radius 2 is 1.80 bits per heavy atom. The van der Waals surface area contributed by atoms with Crippen LogP contribution in [0.15, 0.2) is 48.7 Å². The molecule has 0 unspecified atom stereocenters. The lowest BCUT2D eigenvalue weighted by molar-refractivity contribution is 0.331. The van der Waals surface area contributed by atoms with Gasteiger partial charge in [-0.3, -0.25) is 9.88 Å². The number of benzene rings is 1. The largest absolute Gasteiger partial charge is 0.379 e. The monoisotopic (exact) mass is 267 g/mol. The van der Waals surface area contributed by atoms with Gasteiger partial charge in [0.1, 0.15) is 0 Å². The molecule has 3 nitrogen and oxygen atoms in total. The van der Waals surface area contributed by atoms with Crippen LogP contribution in [0.25, 0.3) is 0 Å². The Morgan fingerprint density at radius 1 is 1.00 bits per heavy atom. The first kappa shape index (κ1) is 13.1. The van der Waals surface area contributed by atoms with Crippen molar-refractivity contribution in [1.82, 2.24) is 9.88 Å². The minimum absolute atomic E-state index is 0.770. The SMILES string of the molecule is c1ccc(CNc2ccc(CN3CCCC3)cc2)nc1. The molecular formula is C17H21N3. The molecule has 2 aromatic rings. The molecular weight excluding hydrogens is 246 g/mol. The number of aromatic nitrogens is 1. The second kappa shape index (κ2) is 6.53. The van der Waals surface area contributed by atoms with E-state index < -0.39 is 0 Å². The predicted octanol–water partition coefficient (Wildman–Crippen LogP) is 3.29. The van der Waals surface area contributed by atoms with E-state index in [9.17, 15) is 0 Å². The Hall–Kier alpha value is -1.87. The molecule has 1 aromatic heterocycles. The first-order chi connectivity index (χ1) is 9.90. The van der Waals surface area contributed by atoms with Gasteiger partial charge in [-0.15, -0.1) is 0 Å². The second-order valence-electron chi connectivity index (χ2n) is 5.35. The third-order valence-corrected chi connectivity index (χ3v) is 3.76. The zero-order valence-corrected chi connectivity index (χ0v) is 11.8. The van der Waals surface area contributed by atoms with Crippen LogP contribution in [0.4, 0.5) is 5.69 Å². The Morgan fingerprint density at radius 3 is 2.50 bits per heavy atom. The molecule has 0 radical (unpaired) electrons. The summed E-state index contributed by atoms with van der Waals surface area (Å²) in [5, 5.41) is 3.41. The first-order valence-corrected chi connectivity index (χ1v) is 7.35. The van der Waals surface area contributed by atoms with Crippen molar-refractivity contribution in [2.45, 2.75) is 25.9 Å². The number of hydrogen-bond donors (Lipinski definition) is 1. The van der Waals surface area contributed by atoms with Gasteiger partial charge < -0.3 is 5.32 Å². The molecule has 104 valence electrons. The fraction of sp³-hybridized carbons (Fsp3) is 0.353. The van der Waals surface area contributed by atoms with Crippen LogP contribution in [-0.2, 0) is 13.1 Å². The Balaban J connectivity index is 1.53. The summed E-state index contributed by atoms with van der Waals surface area (Å²) in [4.78, 5) is 6.83. The summed E-state index contributed by atoms with van der Waals surface area (Å²) in [6.45, 7) is 4.35. The molecule has 1 saturated heterocycles. The van der Waals surface area contributed by atoms with Gasteiger partial charge in [0.05, 0.1) is 12.2 Å². The summed E-state index contributed by atoms with van der Waals surface area (Å²) in [7, 11) is 0. The number of anilines is 1.